The van der Waals surface area contributed by atoms with Crippen LogP contribution in [0.5, 0.6) is 0 Å². The lowest BCUT2D eigenvalue weighted by Gasteiger charge is -2.32. The minimum absolute atomic E-state index is 0.00836. The van der Waals surface area contributed by atoms with Gasteiger partial charge in [0.25, 0.3) is 5.91 Å². The highest BCUT2D eigenvalue weighted by Gasteiger charge is 2.27. The highest BCUT2D eigenvalue weighted by atomic mass is 32.2. The van der Waals surface area contributed by atoms with Crippen LogP contribution >= 0.6 is 23.1 Å². The first-order valence-corrected chi connectivity index (χ1v) is 12.8. The Morgan fingerprint density at radius 3 is 2.76 bits per heavy atom. The van der Waals surface area contributed by atoms with Gasteiger partial charge >= 0.3 is 0 Å². The molecule has 2 aromatic heterocycles. The molecule has 0 spiro atoms. The van der Waals surface area contributed by atoms with E-state index < -0.39 is 0 Å². The van der Waals surface area contributed by atoms with Crippen molar-refractivity contribution in [1.82, 2.24) is 30.1 Å². The van der Waals surface area contributed by atoms with Crippen molar-refractivity contribution in [2.45, 2.75) is 23.9 Å². The van der Waals surface area contributed by atoms with Crippen molar-refractivity contribution in [2.24, 2.45) is 7.05 Å². The second-order valence-corrected chi connectivity index (χ2v) is 10.1. The number of nitrogens with zero attached hydrogens (tertiary/aromatic N) is 6. The normalized spacial score (nSPS) is 16.0. The lowest BCUT2D eigenvalue weighted by molar-refractivity contribution is -0.113. The van der Waals surface area contributed by atoms with Crippen LogP contribution in [-0.2, 0) is 11.8 Å². The minimum atomic E-state index is -0.165. The van der Waals surface area contributed by atoms with Gasteiger partial charge in [-0.25, -0.2) is 9.67 Å². The third kappa shape index (κ3) is 4.95. The van der Waals surface area contributed by atoms with Crippen LogP contribution < -0.4 is 5.32 Å². The van der Waals surface area contributed by atoms with Crippen LogP contribution in [0.15, 0.2) is 53.7 Å². The van der Waals surface area contributed by atoms with E-state index in [2.05, 4.69) is 26.9 Å². The van der Waals surface area contributed by atoms with E-state index in [-0.39, 0.29) is 23.5 Å². The molecule has 9 nitrogen and oxygen atoms in total. The number of hydrogen-bond donors (Lipinski definition) is 1. The first-order chi connectivity index (χ1) is 16.6. The molecule has 5 rings (SSSR count). The fourth-order valence-corrected chi connectivity index (χ4v) is 5.72. The number of thioether (sulfide) groups is 1. The molecule has 0 radical (unpaired) electrons. The van der Waals surface area contributed by atoms with Crippen LogP contribution in [0, 0.1) is 0 Å². The van der Waals surface area contributed by atoms with Gasteiger partial charge in [0.05, 0.1) is 21.0 Å². The van der Waals surface area contributed by atoms with Gasteiger partial charge in [-0.05, 0) is 59.7 Å². The number of tetrazole rings is 1. The molecule has 1 saturated heterocycles. The highest BCUT2D eigenvalue weighted by molar-refractivity contribution is 7.99. The number of aromatic nitrogens is 5. The monoisotopic (exact) mass is 493 g/mol. The van der Waals surface area contributed by atoms with E-state index in [9.17, 15) is 9.59 Å². The molecule has 34 heavy (non-hydrogen) atoms. The van der Waals surface area contributed by atoms with Crippen LogP contribution in [0.25, 0.3) is 10.2 Å². The van der Waals surface area contributed by atoms with Gasteiger partial charge in [0.1, 0.15) is 0 Å². The number of nitrogens with one attached hydrogen (secondary N) is 1. The molecule has 11 heteroatoms. The third-order valence-corrected chi connectivity index (χ3v) is 7.91. The van der Waals surface area contributed by atoms with Crippen LogP contribution in [0.2, 0.25) is 0 Å². The smallest absolute Gasteiger partial charge is 0.253 e. The first-order valence-electron chi connectivity index (χ1n) is 11.0. The molecule has 2 aromatic carbocycles. The number of rotatable bonds is 6. The predicted molar refractivity (Wildman–Crippen MR) is 132 cm³/mol. The number of thiazole rings is 1. The highest BCUT2D eigenvalue weighted by Crippen LogP contribution is 2.33. The number of amides is 2. The molecule has 2 amide bonds. The summed E-state index contributed by atoms with van der Waals surface area (Å²) in [6.07, 6.45) is 2.00. The number of benzene rings is 2. The van der Waals surface area contributed by atoms with Crippen molar-refractivity contribution in [3.8, 4) is 0 Å². The number of fused-ring (bicyclic) bond motifs is 1. The van der Waals surface area contributed by atoms with E-state index in [0.717, 1.165) is 29.9 Å². The summed E-state index contributed by atoms with van der Waals surface area (Å²) < 4.78 is 2.70. The fourth-order valence-electron chi connectivity index (χ4n) is 3.98. The Hall–Kier alpha value is -3.31. The standard InChI is InChI=1S/C23H23N7O2S2/c1-29-23(26-27-28-29)33-14-20(31)24-17-10-8-15(9-11-17)22(32)30-12-4-5-16(13-30)21-25-18-6-2-3-7-19(18)34-21/h2-3,6-11,16H,4-5,12-14H2,1H3,(H,24,31)/t16-/m1/s1. The van der Waals surface area contributed by atoms with Crippen molar-refractivity contribution in [2.75, 3.05) is 24.2 Å². The molecule has 1 aliphatic heterocycles. The topological polar surface area (TPSA) is 106 Å². The average Bonchev–Trinajstić information content (AvgIpc) is 3.49. The van der Waals surface area contributed by atoms with Gasteiger partial charge in [0.15, 0.2) is 0 Å². The largest absolute Gasteiger partial charge is 0.338 e. The van der Waals surface area contributed by atoms with Gasteiger partial charge < -0.3 is 10.2 Å². The molecule has 1 atom stereocenters. The summed E-state index contributed by atoms with van der Waals surface area (Å²) in [5.41, 5.74) is 2.28. The fraction of sp³-hybridized carbons (Fsp3) is 0.304. The summed E-state index contributed by atoms with van der Waals surface area (Å²) in [4.78, 5) is 32.1. The minimum Gasteiger partial charge on any atom is -0.338 e. The van der Waals surface area contributed by atoms with Gasteiger partial charge in [-0.2, -0.15) is 0 Å². The predicted octanol–water partition coefficient (Wildman–Crippen LogP) is 3.57. The quantitative estimate of drug-likeness (QED) is 0.409. The van der Waals surface area contributed by atoms with Gasteiger partial charge in [0, 0.05) is 37.3 Å². The number of anilines is 1. The Kier molecular flexibility index (Phi) is 6.54. The zero-order valence-corrected chi connectivity index (χ0v) is 20.2. The summed E-state index contributed by atoms with van der Waals surface area (Å²) in [6.45, 7) is 1.41. The molecular formula is C23H23N7O2S2. The lowest BCUT2D eigenvalue weighted by Crippen LogP contribution is -2.39. The number of piperidine rings is 1. The summed E-state index contributed by atoms with van der Waals surface area (Å²) >= 11 is 2.98. The van der Waals surface area contributed by atoms with Crippen molar-refractivity contribution in [3.63, 3.8) is 0 Å². The third-order valence-electron chi connectivity index (χ3n) is 5.70. The van der Waals surface area contributed by atoms with Crippen molar-refractivity contribution < 1.29 is 9.59 Å². The second-order valence-electron chi connectivity index (χ2n) is 8.11. The van der Waals surface area contributed by atoms with Gasteiger partial charge in [-0.15, -0.1) is 16.4 Å². The molecule has 0 unspecified atom stereocenters. The van der Waals surface area contributed by atoms with Gasteiger partial charge in [-0.1, -0.05) is 23.9 Å². The van der Waals surface area contributed by atoms with Crippen LogP contribution in [0.1, 0.15) is 34.1 Å². The number of aryl methyl sites for hydroxylation is 1. The first kappa shape index (κ1) is 22.5. The second kappa shape index (κ2) is 9.90. The molecule has 3 heterocycles. The average molecular weight is 494 g/mol. The van der Waals surface area contributed by atoms with Gasteiger partial charge in [-0.3, -0.25) is 9.59 Å². The lowest BCUT2D eigenvalue weighted by atomic mass is 9.98. The summed E-state index contributed by atoms with van der Waals surface area (Å²) in [5.74, 6) is 0.293. The van der Waals surface area contributed by atoms with E-state index in [1.165, 1.54) is 21.1 Å². The van der Waals surface area contributed by atoms with Crippen LogP contribution in [0.3, 0.4) is 0 Å². The number of carbonyl (C=O) groups excluding carboxylic acids is 2. The van der Waals surface area contributed by atoms with E-state index >= 15 is 0 Å². The van der Waals surface area contributed by atoms with Crippen LogP contribution in [0.4, 0.5) is 5.69 Å². The Morgan fingerprint density at radius 1 is 1.18 bits per heavy atom. The molecule has 174 valence electrons. The maximum Gasteiger partial charge on any atom is 0.253 e. The Morgan fingerprint density at radius 2 is 2.00 bits per heavy atom. The Labute approximate surface area is 204 Å². The summed E-state index contributed by atoms with van der Waals surface area (Å²) in [6, 6.07) is 15.2. The van der Waals surface area contributed by atoms with Crippen molar-refractivity contribution >= 4 is 50.8 Å². The van der Waals surface area contributed by atoms with Crippen molar-refractivity contribution in [3.05, 3.63) is 59.1 Å². The van der Waals surface area contributed by atoms with Crippen molar-refractivity contribution in [1.29, 1.82) is 0 Å². The maximum atomic E-state index is 13.1. The zero-order valence-electron chi connectivity index (χ0n) is 18.5. The number of likely N-dealkylation sites (tertiary alicyclic amines) is 1. The summed E-state index contributed by atoms with van der Waals surface area (Å²) in [5, 5.41) is 15.7. The van der Waals surface area contributed by atoms with E-state index in [0.29, 0.717) is 23.0 Å². The molecule has 4 aromatic rings. The summed E-state index contributed by atoms with van der Waals surface area (Å²) in [7, 11) is 1.72. The molecule has 0 saturated carbocycles. The zero-order chi connectivity index (χ0) is 23.5. The number of hydrogen-bond acceptors (Lipinski definition) is 8. The molecule has 0 aliphatic carbocycles. The Bertz CT molecular complexity index is 1290. The maximum absolute atomic E-state index is 13.1. The Balaban J connectivity index is 1.18. The van der Waals surface area contributed by atoms with Crippen LogP contribution in [-0.4, -0.2) is 60.7 Å². The molecular weight excluding hydrogens is 470 g/mol. The number of carbonyl (C=O) groups is 2. The molecule has 1 N–H and O–H groups in total. The molecule has 1 fully saturated rings. The van der Waals surface area contributed by atoms with E-state index in [1.807, 2.05) is 23.1 Å². The van der Waals surface area contributed by atoms with E-state index in [1.54, 1.807) is 42.6 Å². The SMILES string of the molecule is Cn1nnnc1SCC(=O)Nc1ccc(C(=O)N2CCC[C@@H](c3nc4ccccc4s3)C2)cc1. The molecule has 0 bridgehead atoms. The number of para-hydroxylation sites is 1. The molecule has 1 aliphatic rings. The van der Waals surface area contributed by atoms with Gasteiger partial charge in [0.2, 0.25) is 11.1 Å². The van der Waals surface area contributed by atoms with E-state index in [4.69, 9.17) is 4.98 Å².